The van der Waals surface area contributed by atoms with E-state index in [4.69, 9.17) is 0 Å². The van der Waals surface area contributed by atoms with Crippen LogP contribution in [-0.4, -0.2) is 16.0 Å². The quantitative estimate of drug-likeness (QED) is 0.754. The van der Waals surface area contributed by atoms with Gasteiger partial charge in [-0.1, -0.05) is 26.2 Å². The van der Waals surface area contributed by atoms with Crippen molar-refractivity contribution in [2.75, 3.05) is 5.32 Å². The molecule has 1 heterocycles. The van der Waals surface area contributed by atoms with E-state index >= 15 is 0 Å². The second-order valence-corrected chi connectivity index (χ2v) is 4.44. The van der Waals surface area contributed by atoms with E-state index < -0.39 is 0 Å². The summed E-state index contributed by atoms with van der Waals surface area (Å²) < 4.78 is 0. The maximum atomic E-state index is 4.22. The molecule has 2 unspecified atom stereocenters. The topological polar surface area (TPSA) is 37.8 Å². The Labute approximate surface area is 91.3 Å². The van der Waals surface area contributed by atoms with E-state index in [0.29, 0.717) is 6.04 Å². The lowest BCUT2D eigenvalue weighted by molar-refractivity contribution is 0.454. The van der Waals surface area contributed by atoms with Crippen molar-refractivity contribution in [3.8, 4) is 0 Å². The van der Waals surface area contributed by atoms with Crippen LogP contribution in [0.4, 0.5) is 5.95 Å². The molecule has 0 radical (unpaired) electrons. The molecule has 0 bridgehead atoms. The van der Waals surface area contributed by atoms with Crippen LogP contribution >= 0.6 is 0 Å². The molecular weight excluding hydrogens is 186 g/mol. The number of hydrogen-bond donors (Lipinski definition) is 1. The molecule has 1 aliphatic rings. The summed E-state index contributed by atoms with van der Waals surface area (Å²) in [6.07, 6.45) is 10.2. The molecular formula is C12H19N3. The van der Waals surface area contributed by atoms with Gasteiger partial charge in [-0.05, 0) is 24.8 Å². The number of hydrogen-bond acceptors (Lipinski definition) is 3. The number of nitrogens with zero attached hydrogens (tertiary/aromatic N) is 2. The molecule has 3 nitrogen and oxygen atoms in total. The molecule has 3 heteroatoms. The zero-order valence-corrected chi connectivity index (χ0v) is 9.32. The van der Waals surface area contributed by atoms with Crippen molar-refractivity contribution in [1.29, 1.82) is 0 Å². The summed E-state index contributed by atoms with van der Waals surface area (Å²) in [7, 11) is 0. The third kappa shape index (κ3) is 2.91. The monoisotopic (exact) mass is 205 g/mol. The van der Waals surface area contributed by atoms with Crippen molar-refractivity contribution in [2.45, 2.75) is 45.1 Å². The van der Waals surface area contributed by atoms with Gasteiger partial charge in [0, 0.05) is 18.4 Å². The summed E-state index contributed by atoms with van der Waals surface area (Å²) >= 11 is 0. The first-order valence-corrected chi connectivity index (χ1v) is 5.90. The number of rotatable bonds is 2. The van der Waals surface area contributed by atoms with Crippen molar-refractivity contribution >= 4 is 5.95 Å². The molecule has 2 atom stereocenters. The first kappa shape index (κ1) is 10.4. The van der Waals surface area contributed by atoms with Crippen molar-refractivity contribution in [2.24, 2.45) is 5.92 Å². The first-order valence-electron chi connectivity index (χ1n) is 5.90. The van der Waals surface area contributed by atoms with Crippen molar-refractivity contribution in [1.82, 2.24) is 9.97 Å². The van der Waals surface area contributed by atoms with Crippen molar-refractivity contribution in [3.05, 3.63) is 18.5 Å². The highest BCUT2D eigenvalue weighted by atomic mass is 15.1. The fourth-order valence-corrected chi connectivity index (χ4v) is 2.25. The van der Waals surface area contributed by atoms with Crippen LogP contribution in [0.25, 0.3) is 0 Å². The molecule has 1 saturated carbocycles. The summed E-state index contributed by atoms with van der Waals surface area (Å²) in [6.45, 7) is 2.33. The van der Waals surface area contributed by atoms with E-state index in [1.165, 1.54) is 32.1 Å². The summed E-state index contributed by atoms with van der Waals surface area (Å²) in [6, 6.07) is 2.40. The number of aromatic nitrogens is 2. The highest BCUT2D eigenvalue weighted by Crippen LogP contribution is 2.24. The second kappa shape index (κ2) is 5.10. The smallest absolute Gasteiger partial charge is 0.222 e. The summed E-state index contributed by atoms with van der Waals surface area (Å²) in [5.41, 5.74) is 0. The van der Waals surface area contributed by atoms with Gasteiger partial charge in [-0.15, -0.1) is 0 Å². The minimum Gasteiger partial charge on any atom is -0.351 e. The molecule has 1 aliphatic carbocycles. The van der Waals surface area contributed by atoms with Gasteiger partial charge < -0.3 is 5.32 Å². The molecule has 0 amide bonds. The van der Waals surface area contributed by atoms with Crippen LogP contribution in [-0.2, 0) is 0 Å². The molecule has 1 aromatic heterocycles. The van der Waals surface area contributed by atoms with Gasteiger partial charge in [0.15, 0.2) is 0 Å². The fraction of sp³-hybridized carbons (Fsp3) is 0.667. The van der Waals surface area contributed by atoms with Gasteiger partial charge in [-0.25, -0.2) is 9.97 Å². The number of nitrogens with one attached hydrogen (secondary N) is 1. The first-order chi connectivity index (χ1) is 7.36. The third-order valence-electron chi connectivity index (χ3n) is 3.24. The fourth-order valence-electron chi connectivity index (χ4n) is 2.25. The molecule has 15 heavy (non-hydrogen) atoms. The van der Waals surface area contributed by atoms with Crippen molar-refractivity contribution < 1.29 is 0 Å². The van der Waals surface area contributed by atoms with Gasteiger partial charge in [0.2, 0.25) is 5.95 Å². The highest BCUT2D eigenvalue weighted by molar-refractivity contribution is 5.24. The lowest BCUT2D eigenvalue weighted by Gasteiger charge is -2.22. The lowest BCUT2D eigenvalue weighted by Crippen LogP contribution is -2.27. The Morgan fingerprint density at radius 2 is 1.87 bits per heavy atom. The van der Waals surface area contributed by atoms with Gasteiger partial charge in [0.1, 0.15) is 0 Å². The predicted octanol–water partition coefficient (Wildman–Crippen LogP) is 2.86. The van der Waals surface area contributed by atoms with Crippen molar-refractivity contribution in [3.63, 3.8) is 0 Å². The minimum absolute atomic E-state index is 0.551. The molecule has 1 fully saturated rings. The van der Waals surface area contributed by atoms with E-state index in [9.17, 15) is 0 Å². The molecule has 1 N–H and O–H groups in total. The Morgan fingerprint density at radius 1 is 1.13 bits per heavy atom. The van der Waals surface area contributed by atoms with Crippen LogP contribution in [0.5, 0.6) is 0 Å². The van der Waals surface area contributed by atoms with E-state index in [1.807, 2.05) is 6.07 Å². The highest BCUT2D eigenvalue weighted by Gasteiger charge is 2.19. The Balaban J connectivity index is 1.97. The van der Waals surface area contributed by atoms with E-state index in [2.05, 4.69) is 22.2 Å². The third-order valence-corrected chi connectivity index (χ3v) is 3.24. The molecule has 0 spiro atoms. The standard InChI is InChI=1S/C12H19N3/c1-10-6-3-2-4-7-11(10)15-12-13-8-5-9-14-12/h5,8-11H,2-4,6-7H2,1H3,(H,13,14,15). The zero-order chi connectivity index (χ0) is 10.5. The minimum atomic E-state index is 0.551. The second-order valence-electron chi connectivity index (χ2n) is 4.44. The average Bonchev–Trinajstić information content (AvgIpc) is 2.46. The Bertz CT molecular complexity index is 286. The van der Waals surface area contributed by atoms with E-state index in [0.717, 1.165) is 11.9 Å². The van der Waals surface area contributed by atoms with Gasteiger partial charge in [-0.3, -0.25) is 0 Å². The molecule has 82 valence electrons. The predicted molar refractivity (Wildman–Crippen MR) is 61.7 cm³/mol. The normalized spacial score (nSPS) is 27.0. The average molecular weight is 205 g/mol. The number of anilines is 1. The van der Waals surface area contributed by atoms with Crippen LogP contribution in [0.2, 0.25) is 0 Å². The molecule has 0 saturated heterocycles. The molecule has 0 aromatic carbocycles. The van der Waals surface area contributed by atoms with Crippen LogP contribution in [0, 0.1) is 5.92 Å². The van der Waals surface area contributed by atoms with Gasteiger partial charge >= 0.3 is 0 Å². The largest absolute Gasteiger partial charge is 0.351 e. The SMILES string of the molecule is CC1CCCCCC1Nc1ncccn1. The molecule has 1 aromatic rings. The lowest BCUT2D eigenvalue weighted by atomic mass is 9.97. The Hall–Kier alpha value is -1.12. The zero-order valence-electron chi connectivity index (χ0n) is 9.32. The summed E-state index contributed by atoms with van der Waals surface area (Å²) in [4.78, 5) is 8.43. The van der Waals surface area contributed by atoms with Crippen LogP contribution < -0.4 is 5.32 Å². The van der Waals surface area contributed by atoms with E-state index in [-0.39, 0.29) is 0 Å². The van der Waals surface area contributed by atoms with Crippen LogP contribution in [0.1, 0.15) is 39.0 Å². The summed E-state index contributed by atoms with van der Waals surface area (Å²) in [5, 5.41) is 3.45. The maximum absolute atomic E-state index is 4.22. The van der Waals surface area contributed by atoms with Gasteiger partial charge in [-0.2, -0.15) is 0 Å². The van der Waals surface area contributed by atoms with Crippen LogP contribution in [0.15, 0.2) is 18.5 Å². The molecule has 0 aliphatic heterocycles. The van der Waals surface area contributed by atoms with Gasteiger partial charge in [0.05, 0.1) is 0 Å². The van der Waals surface area contributed by atoms with Gasteiger partial charge in [0.25, 0.3) is 0 Å². The van der Waals surface area contributed by atoms with E-state index in [1.54, 1.807) is 12.4 Å². The summed E-state index contributed by atoms with van der Waals surface area (Å²) in [5.74, 6) is 1.51. The van der Waals surface area contributed by atoms with Crippen LogP contribution in [0.3, 0.4) is 0 Å². The Morgan fingerprint density at radius 3 is 2.67 bits per heavy atom. The Kier molecular flexibility index (Phi) is 3.54. The molecule has 2 rings (SSSR count). The maximum Gasteiger partial charge on any atom is 0.222 e.